The first-order chi connectivity index (χ1) is 18.7. The van der Waals surface area contributed by atoms with Crippen molar-refractivity contribution in [2.75, 3.05) is 11.4 Å². The van der Waals surface area contributed by atoms with Crippen molar-refractivity contribution < 1.29 is 26.4 Å². The van der Waals surface area contributed by atoms with Gasteiger partial charge in [-0.1, -0.05) is 56.0 Å². The minimum Gasteiger partial charge on any atom is -0.489 e. The zero-order chi connectivity index (χ0) is 27.6. The van der Waals surface area contributed by atoms with Crippen molar-refractivity contribution >= 4 is 31.5 Å². The molecule has 5 rings (SSSR count). The predicted octanol–water partition coefficient (Wildman–Crippen LogP) is 5.33. The maximum absolute atomic E-state index is 14.1. The number of sulfone groups is 1. The van der Waals surface area contributed by atoms with E-state index in [1.54, 1.807) is 77.7 Å². The third-order valence-corrected chi connectivity index (χ3v) is 9.82. The Labute approximate surface area is 235 Å². The molecule has 1 aliphatic heterocycles. The van der Waals surface area contributed by atoms with Crippen molar-refractivity contribution in [3.8, 4) is 5.75 Å². The molecule has 2 bridgehead atoms. The summed E-state index contributed by atoms with van der Waals surface area (Å²) in [6, 6.07) is 27.5. The van der Waals surface area contributed by atoms with Gasteiger partial charge in [0.05, 0.1) is 9.79 Å². The maximum Gasteiger partial charge on any atom is 0.264 e. The average molecular weight is 579 g/mol. The van der Waals surface area contributed by atoms with Crippen molar-refractivity contribution in [3.63, 3.8) is 0 Å². The largest absolute Gasteiger partial charge is 0.489 e. The van der Waals surface area contributed by atoms with Crippen molar-refractivity contribution in [3.05, 3.63) is 120 Å². The zero-order valence-electron chi connectivity index (χ0n) is 21.0. The first-order valence-electron chi connectivity index (χ1n) is 12.2. The van der Waals surface area contributed by atoms with Gasteiger partial charge in [-0.15, -0.1) is 0 Å². The molecule has 0 spiro atoms. The molecular formula is C30H30N2O6S2. The molecule has 0 fully saturated rings. The number of anilines is 1. The lowest BCUT2D eigenvalue weighted by molar-refractivity contribution is 0.0981. The predicted molar refractivity (Wildman–Crippen MR) is 154 cm³/mol. The van der Waals surface area contributed by atoms with Crippen LogP contribution in [0.2, 0.25) is 0 Å². The number of sulfonamides is 1. The molecular weight excluding hydrogens is 548 g/mol. The van der Waals surface area contributed by atoms with Crippen LogP contribution in [0.4, 0.5) is 5.69 Å². The Kier molecular flexibility index (Phi) is 8.32. The fourth-order valence-electron chi connectivity index (χ4n) is 4.55. The highest BCUT2D eigenvalue weighted by Crippen LogP contribution is 2.41. The van der Waals surface area contributed by atoms with E-state index >= 15 is 0 Å². The number of benzene rings is 4. The van der Waals surface area contributed by atoms with E-state index in [9.17, 15) is 21.6 Å². The van der Waals surface area contributed by atoms with Gasteiger partial charge in [0.2, 0.25) is 9.84 Å². The van der Waals surface area contributed by atoms with E-state index in [0.717, 1.165) is 5.56 Å². The van der Waals surface area contributed by atoms with Gasteiger partial charge in [0.25, 0.3) is 15.9 Å². The fourth-order valence-corrected chi connectivity index (χ4v) is 7.52. The van der Waals surface area contributed by atoms with Crippen LogP contribution in [0.1, 0.15) is 41.2 Å². The molecule has 1 unspecified atom stereocenters. The second-order valence-electron chi connectivity index (χ2n) is 8.95. The van der Waals surface area contributed by atoms with E-state index in [4.69, 9.17) is 4.74 Å². The van der Waals surface area contributed by atoms with E-state index in [1.807, 2.05) is 13.0 Å². The molecule has 40 heavy (non-hydrogen) atoms. The molecule has 8 nitrogen and oxygen atoms in total. The number of hydrogen-bond donors (Lipinski definition) is 1. The number of carbonyl (C=O) groups excluding carboxylic acids is 1. The number of amides is 1. The average Bonchev–Trinajstić information content (AvgIpc) is 2.97. The molecule has 4 aromatic carbocycles. The Morgan fingerprint density at radius 3 is 2.30 bits per heavy atom. The van der Waals surface area contributed by atoms with Gasteiger partial charge in [0.15, 0.2) is 5.37 Å². The molecule has 1 N–H and O–H groups in total. The van der Waals surface area contributed by atoms with Gasteiger partial charge < -0.3 is 9.64 Å². The van der Waals surface area contributed by atoms with Crippen LogP contribution in [0.25, 0.3) is 0 Å². The van der Waals surface area contributed by atoms with Crippen LogP contribution < -0.4 is 14.4 Å². The Bertz CT molecular complexity index is 1720. The number of nitrogens with one attached hydrogen (secondary N) is 1. The smallest absolute Gasteiger partial charge is 0.264 e. The second kappa shape index (κ2) is 11.5. The van der Waals surface area contributed by atoms with Gasteiger partial charge in [0, 0.05) is 23.4 Å². The summed E-state index contributed by atoms with van der Waals surface area (Å²) in [6.45, 7) is 2.40. The standard InChI is InChI=1S/C29H26N2O6S2.CH4/c1-2-31(23-17-15-22(16-18-23)28(32)30-39(35,36)24-10-4-3-5-11-24)29-26-13-6-7-14-27(26)37-20-21-9-8-12-25(19-21)38(29,33)34;/h3-19,29H,2,20H2,1H3,(H,30,32);1H4. The fraction of sp³-hybridized carbons (Fsp3) is 0.167. The van der Waals surface area contributed by atoms with E-state index in [0.29, 0.717) is 23.5 Å². The first kappa shape index (κ1) is 28.8. The highest BCUT2D eigenvalue weighted by atomic mass is 32.2. The van der Waals surface area contributed by atoms with Crippen LogP contribution in [0, 0.1) is 0 Å². The summed E-state index contributed by atoms with van der Waals surface area (Å²) < 4.78 is 61.4. The Hall–Kier alpha value is -4.15. The lowest BCUT2D eigenvalue weighted by atomic mass is 10.1. The maximum atomic E-state index is 14.1. The van der Waals surface area contributed by atoms with Crippen molar-refractivity contribution in [1.29, 1.82) is 0 Å². The van der Waals surface area contributed by atoms with Crippen LogP contribution in [0.15, 0.2) is 113 Å². The van der Waals surface area contributed by atoms with Crippen LogP contribution >= 0.6 is 0 Å². The van der Waals surface area contributed by atoms with E-state index in [-0.39, 0.29) is 29.4 Å². The molecule has 208 valence electrons. The van der Waals surface area contributed by atoms with Crippen LogP contribution in [0.3, 0.4) is 0 Å². The van der Waals surface area contributed by atoms with Crippen molar-refractivity contribution in [2.45, 2.75) is 36.1 Å². The molecule has 1 aliphatic rings. The molecule has 1 heterocycles. The van der Waals surface area contributed by atoms with Gasteiger partial charge in [-0.2, -0.15) is 0 Å². The second-order valence-corrected chi connectivity index (χ2v) is 12.6. The van der Waals surface area contributed by atoms with Gasteiger partial charge in [0.1, 0.15) is 12.4 Å². The third-order valence-electron chi connectivity index (χ3n) is 6.47. The third kappa shape index (κ3) is 5.59. The summed E-state index contributed by atoms with van der Waals surface area (Å²) in [5.41, 5.74) is 1.90. The first-order valence-corrected chi connectivity index (χ1v) is 15.3. The van der Waals surface area contributed by atoms with Crippen LogP contribution in [-0.4, -0.2) is 29.3 Å². The topological polar surface area (TPSA) is 110 Å². The lowest BCUT2D eigenvalue weighted by Gasteiger charge is -2.33. The van der Waals surface area contributed by atoms with Gasteiger partial charge in [-0.3, -0.25) is 4.79 Å². The molecule has 0 saturated carbocycles. The van der Waals surface area contributed by atoms with Gasteiger partial charge >= 0.3 is 0 Å². The van der Waals surface area contributed by atoms with Crippen molar-refractivity contribution in [2.24, 2.45) is 0 Å². The Balaban J connectivity index is 0.00000370. The molecule has 0 aromatic heterocycles. The van der Waals surface area contributed by atoms with E-state index in [2.05, 4.69) is 4.72 Å². The van der Waals surface area contributed by atoms with Gasteiger partial charge in [-0.25, -0.2) is 21.6 Å². The Morgan fingerprint density at radius 2 is 1.60 bits per heavy atom. The number of fused-ring (bicyclic) bond motifs is 3. The molecule has 1 amide bonds. The lowest BCUT2D eigenvalue weighted by Crippen LogP contribution is -2.34. The summed E-state index contributed by atoms with van der Waals surface area (Å²) >= 11 is 0. The number of ether oxygens (including phenoxy) is 1. The highest BCUT2D eigenvalue weighted by molar-refractivity contribution is 7.91. The summed E-state index contributed by atoms with van der Waals surface area (Å²) in [5, 5.41) is -1.11. The number of carbonyl (C=O) groups is 1. The Morgan fingerprint density at radius 1 is 0.925 bits per heavy atom. The quantitative estimate of drug-likeness (QED) is 0.329. The SMILES string of the molecule is C.CCN(c1ccc(C(=O)NS(=O)(=O)c2ccccc2)cc1)C1c2ccccc2OCc2cccc(c2)S1(=O)=O. The minimum absolute atomic E-state index is 0. The molecule has 0 aliphatic carbocycles. The van der Waals surface area contributed by atoms with E-state index in [1.165, 1.54) is 24.3 Å². The summed E-state index contributed by atoms with van der Waals surface area (Å²) in [5.74, 6) is -0.326. The molecule has 10 heteroatoms. The number of nitrogens with zero attached hydrogens (tertiary/aromatic N) is 1. The minimum atomic E-state index is -4.04. The molecule has 4 aromatic rings. The van der Waals surface area contributed by atoms with Crippen molar-refractivity contribution in [1.82, 2.24) is 4.72 Å². The van der Waals surface area contributed by atoms with Crippen LogP contribution in [0.5, 0.6) is 5.75 Å². The molecule has 0 saturated heterocycles. The molecule has 0 radical (unpaired) electrons. The monoisotopic (exact) mass is 578 g/mol. The van der Waals surface area contributed by atoms with Crippen LogP contribution in [-0.2, 0) is 26.5 Å². The summed E-state index contributed by atoms with van der Waals surface area (Å²) in [7, 11) is -7.96. The summed E-state index contributed by atoms with van der Waals surface area (Å²) in [4.78, 5) is 14.6. The van der Waals surface area contributed by atoms with Gasteiger partial charge in [-0.05, 0) is 67.1 Å². The summed E-state index contributed by atoms with van der Waals surface area (Å²) in [6.07, 6.45) is 0. The highest BCUT2D eigenvalue weighted by Gasteiger charge is 2.37. The molecule has 1 atom stereocenters. The number of rotatable bonds is 6. The zero-order valence-corrected chi connectivity index (χ0v) is 22.7. The van der Waals surface area contributed by atoms with E-state index < -0.39 is 31.1 Å². The number of hydrogen-bond acceptors (Lipinski definition) is 7. The number of para-hydroxylation sites is 1. The normalized spacial score (nSPS) is 15.6.